The largest absolute Gasteiger partial charge is 0.497 e. The number of hydrogen-bond acceptors (Lipinski definition) is 4. The van der Waals surface area contributed by atoms with Gasteiger partial charge in [0, 0.05) is 29.2 Å². The maximum absolute atomic E-state index is 13.5. The number of benzene rings is 3. The molecule has 1 aliphatic heterocycles. The maximum atomic E-state index is 13.5. The Hall–Kier alpha value is -3.51. The molecule has 0 aromatic heterocycles. The lowest BCUT2D eigenvalue weighted by Crippen LogP contribution is -2.48. The smallest absolute Gasteiger partial charge is 0.227 e. The molecule has 1 heterocycles. The van der Waals surface area contributed by atoms with Crippen LogP contribution in [0.25, 0.3) is 0 Å². The third-order valence-corrected chi connectivity index (χ3v) is 6.52. The summed E-state index contributed by atoms with van der Waals surface area (Å²) in [6.45, 7) is 0.310. The van der Waals surface area contributed by atoms with E-state index in [2.05, 4.69) is 5.32 Å². The molecule has 3 aromatic carbocycles. The van der Waals surface area contributed by atoms with E-state index < -0.39 is 12.0 Å². The molecule has 0 aliphatic carbocycles. The van der Waals surface area contributed by atoms with Crippen LogP contribution in [-0.4, -0.2) is 26.0 Å². The molecule has 2 unspecified atom stereocenters. The summed E-state index contributed by atoms with van der Waals surface area (Å²) < 4.78 is 10.9. The molecule has 176 valence electrons. The van der Waals surface area contributed by atoms with Crippen molar-refractivity contribution >= 4 is 29.1 Å². The van der Waals surface area contributed by atoms with Gasteiger partial charge in [0.15, 0.2) is 0 Å². The summed E-state index contributed by atoms with van der Waals surface area (Å²) in [5, 5.41) is 3.63. The Kier molecular flexibility index (Phi) is 7.38. The third-order valence-electron chi connectivity index (χ3n) is 6.15. The summed E-state index contributed by atoms with van der Waals surface area (Å²) in [5.41, 5.74) is 2.32. The molecule has 34 heavy (non-hydrogen) atoms. The zero-order valence-corrected chi connectivity index (χ0v) is 19.9. The van der Waals surface area contributed by atoms with Gasteiger partial charge in [-0.05, 0) is 48.4 Å². The minimum absolute atomic E-state index is 0.0452. The highest BCUT2D eigenvalue weighted by atomic mass is 35.5. The summed E-state index contributed by atoms with van der Waals surface area (Å²) in [7, 11) is 3.19. The highest BCUT2D eigenvalue weighted by Gasteiger charge is 2.42. The molecule has 0 radical (unpaired) electrons. The van der Waals surface area contributed by atoms with Gasteiger partial charge in [-0.2, -0.15) is 0 Å². The Balaban J connectivity index is 1.71. The van der Waals surface area contributed by atoms with Crippen LogP contribution in [0.15, 0.2) is 72.8 Å². The van der Waals surface area contributed by atoms with Crippen LogP contribution in [-0.2, 0) is 16.1 Å². The van der Waals surface area contributed by atoms with Crippen molar-refractivity contribution < 1.29 is 19.1 Å². The fourth-order valence-corrected chi connectivity index (χ4v) is 4.64. The van der Waals surface area contributed by atoms with E-state index in [1.807, 2.05) is 66.7 Å². The SMILES string of the molecule is COc1ccc(N2C(=O)CCC(C(=O)NCc3ccccc3Cl)C2c2ccccc2OC)cc1. The number of nitrogens with one attached hydrogen (secondary N) is 1. The molecule has 1 aliphatic rings. The Bertz CT molecular complexity index is 1170. The van der Waals surface area contributed by atoms with E-state index in [0.717, 1.165) is 11.1 Å². The lowest BCUT2D eigenvalue weighted by molar-refractivity contribution is -0.129. The predicted molar refractivity (Wildman–Crippen MR) is 132 cm³/mol. The Morgan fingerprint density at radius 3 is 2.41 bits per heavy atom. The van der Waals surface area contributed by atoms with Gasteiger partial charge in [0.25, 0.3) is 0 Å². The van der Waals surface area contributed by atoms with E-state index in [9.17, 15) is 9.59 Å². The summed E-state index contributed by atoms with van der Waals surface area (Å²) in [5.74, 6) is 0.664. The van der Waals surface area contributed by atoms with Crippen molar-refractivity contribution in [2.75, 3.05) is 19.1 Å². The average Bonchev–Trinajstić information content (AvgIpc) is 2.88. The van der Waals surface area contributed by atoms with E-state index in [-0.39, 0.29) is 18.2 Å². The summed E-state index contributed by atoms with van der Waals surface area (Å²) in [6, 6.07) is 21.7. The Morgan fingerprint density at radius 2 is 1.71 bits per heavy atom. The number of carbonyl (C=O) groups excluding carboxylic acids is 2. The first-order valence-electron chi connectivity index (χ1n) is 11.1. The molecule has 1 fully saturated rings. The second kappa shape index (κ2) is 10.6. The van der Waals surface area contributed by atoms with Crippen LogP contribution >= 0.6 is 11.6 Å². The summed E-state index contributed by atoms with van der Waals surface area (Å²) >= 11 is 6.27. The zero-order valence-electron chi connectivity index (χ0n) is 19.2. The minimum Gasteiger partial charge on any atom is -0.497 e. The van der Waals surface area contributed by atoms with Crippen LogP contribution in [0.4, 0.5) is 5.69 Å². The van der Waals surface area contributed by atoms with E-state index >= 15 is 0 Å². The molecule has 0 bridgehead atoms. The highest BCUT2D eigenvalue weighted by molar-refractivity contribution is 6.31. The van der Waals surface area contributed by atoms with Crippen LogP contribution < -0.4 is 19.7 Å². The van der Waals surface area contributed by atoms with Crippen LogP contribution in [0.1, 0.15) is 30.0 Å². The van der Waals surface area contributed by atoms with Gasteiger partial charge >= 0.3 is 0 Å². The van der Waals surface area contributed by atoms with E-state index in [1.165, 1.54) is 0 Å². The third kappa shape index (κ3) is 4.87. The molecule has 7 heteroatoms. The molecule has 2 atom stereocenters. The van der Waals surface area contributed by atoms with Crippen LogP contribution in [0.5, 0.6) is 11.5 Å². The topological polar surface area (TPSA) is 67.9 Å². The molecular formula is C27H27ClN2O4. The van der Waals surface area contributed by atoms with Crippen molar-refractivity contribution in [2.45, 2.75) is 25.4 Å². The number of piperidine rings is 1. The van der Waals surface area contributed by atoms with Crippen LogP contribution in [0.2, 0.25) is 5.02 Å². The van der Waals surface area contributed by atoms with Crippen molar-refractivity contribution in [3.63, 3.8) is 0 Å². The van der Waals surface area contributed by atoms with Gasteiger partial charge in [-0.1, -0.05) is 48.0 Å². The standard InChI is InChI=1S/C27H27ClN2O4/c1-33-20-13-11-19(12-14-20)30-25(31)16-15-22(26(30)21-8-4-6-10-24(21)34-2)27(32)29-17-18-7-3-5-9-23(18)28/h3-14,22,26H,15-17H2,1-2H3,(H,29,32). The molecule has 3 aromatic rings. The normalized spacial score (nSPS) is 17.9. The van der Waals surface area contributed by atoms with Gasteiger partial charge in [0.05, 0.1) is 26.2 Å². The number of rotatable bonds is 7. The average molecular weight is 479 g/mol. The zero-order chi connectivity index (χ0) is 24.1. The second-order valence-electron chi connectivity index (χ2n) is 8.10. The lowest BCUT2D eigenvalue weighted by Gasteiger charge is -2.41. The molecule has 0 saturated carbocycles. The first kappa shape index (κ1) is 23.6. The number of nitrogens with zero attached hydrogens (tertiary/aromatic N) is 1. The molecule has 4 rings (SSSR count). The summed E-state index contributed by atoms with van der Waals surface area (Å²) in [4.78, 5) is 28.4. The van der Waals surface area contributed by atoms with E-state index in [0.29, 0.717) is 35.2 Å². The molecule has 1 N–H and O–H groups in total. The Morgan fingerprint density at radius 1 is 1.00 bits per heavy atom. The fourth-order valence-electron chi connectivity index (χ4n) is 4.44. The first-order chi connectivity index (χ1) is 16.5. The monoisotopic (exact) mass is 478 g/mol. The van der Waals surface area contributed by atoms with Crippen LogP contribution in [0, 0.1) is 5.92 Å². The van der Waals surface area contributed by atoms with Gasteiger partial charge in [-0.15, -0.1) is 0 Å². The van der Waals surface area contributed by atoms with Crippen molar-refractivity contribution in [1.29, 1.82) is 0 Å². The van der Waals surface area contributed by atoms with Gasteiger partial charge in [0.2, 0.25) is 11.8 Å². The molecule has 6 nitrogen and oxygen atoms in total. The van der Waals surface area contributed by atoms with E-state index in [4.69, 9.17) is 21.1 Å². The number of carbonyl (C=O) groups is 2. The predicted octanol–water partition coefficient (Wildman–Crippen LogP) is 5.16. The van der Waals surface area contributed by atoms with Gasteiger partial charge in [0.1, 0.15) is 11.5 Å². The minimum atomic E-state index is -0.531. The fraction of sp³-hybridized carbons (Fsp3) is 0.259. The van der Waals surface area contributed by atoms with Crippen molar-refractivity contribution in [1.82, 2.24) is 5.32 Å². The van der Waals surface area contributed by atoms with E-state index in [1.54, 1.807) is 25.2 Å². The van der Waals surface area contributed by atoms with Gasteiger partial charge in [-0.25, -0.2) is 0 Å². The maximum Gasteiger partial charge on any atom is 0.227 e. The number of methoxy groups -OCH3 is 2. The molecule has 0 spiro atoms. The highest BCUT2D eigenvalue weighted by Crippen LogP contribution is 2.43. The van der Waals surface area contributed by atoms with Crippen molar-refractivity contribution in [3.05, 3.63) is 88.9 Å². The molecule has 2 amide bonds. The van der Waals surface area contributed by atoms with Crippen LogP contribution in [0.3, 0.4) is 0 Å². The van der Waals surface area contributed by atoms with Crippen molar-refractivity contribution in [2.24, 2.45) is 5.92 Å². The molecular weight excluding hydrogens is 452 g/mol. The Labute approximate surface area is 204 Å². The number of ether oxygens (including phenoxy) is 2. The lowest BCUT2D eigenvalue weighted by atomic mass is 9.82. The number of hydrogen-bond donors (Lipinski definition) is 1. The quantitative estimate of drug-likeness (QED) is 0.509. The number of amides is 2. The molecule has 1 saturated heterocycles. The van der Waals surface area contributed by atoms with Gasteiger partial charge < -0.3 is 19.7 Å². The first-order valence-corrected chi connectivity index (χ1v) is 11.5. The van der Waals surface area contributed by atoms with Crippen molar-refractivity contribution in [3.8, 4) is 11.5 Å². The second-order valence-corrected chi connectivity index (χ2v) is 8.51. The summed E-state index contributed by atoms with van der Waals surface area (Å²) in [6.07, 6.45) is 0.699. The van der Waals surface area contributed by atoms with Gasteiger partial charge in [-0.3, -0.25) is 9.59 Å². The number of anilines is 1. The number of halogens is 1. The number of para-hydroxylation sites is 1.